The number of hydrogen-bond acceptors (Lipinski definition) is 4. The highest BCUT2D eigenvalue weighted by Crippen LogP contribution is 2.18. The minimum atomic E-state index is -0.819. The van der Waals surface area contributed by atoms with Gasteiger partial charge in [-0.15, -0.1) is 0 Å². The van der Waals surface area contributed by atoms with Crippen molar-refractivity contribution in [3.8, 4) is 11.4 Å². The summed E-state index contributed by atoms with van der Waals surface area (Å²) < 4.78 is 31.0. The molecule has 0 saturated carbocycles. The summed E-state index contributed by atoms with van der Waals surface area (Å²) in [5.74, 6) is -2.74. The van der Waals surface area contributed by atoms with E-state index in [1.165, 1.54) is 12.1 Å². The predicted molar refractivity (Wildman–Crippen MR) is 76.9 cm³/mol. The fourth-order valence-corrected chi connectivity index (χ4v) is 1.94. The Labute approximate surface area is 127 Å². The highest BCUT2D eigenvalue weighted by Gasteiger charge is 2.13. The van der Waals surface area contributed by atoms with Crippen LogP contribution in [-0.4, -0.2) is 16.0 Å². The Bertz CT molecular complexity index is 916. The molecule has 0 atom stereocenters. The monoisotopic (exact) mass is 317 g/mol. The van der Waals surface area contributed by atoms with Crippen LogP contribution in [-0.2, 0) is 0 Å². The van der Waals surface area contributed by atoms with Gasteiger partial charge in [0.25, 0.3) is 5.91 Å². The van der Waals surface area contributed by atoms with Crippen LogP contribution in [0.25, 0.3) is 11.4 Å². The summed E-state index contributed by atoms with van der Waals surface area (Å²) in [6.07, 6.45) is 0. The van der Waals surface area contributed by atoms with Gasteiger partial charge in [-0.25, -0.2) is 13.6 Å². The summed E-state index contributed by atoms with van der Waals surface area (Å²) in [5.41, 5.74) is 0.536. The molecule has 23 heavy (non-hydrogen) atoms. The maximum atomic E-state index is 13.5. The molecule has 0 aliphatic heterocycles. The molecule has 8 heteroatoms. The summed E-state index contributed by atoms with van der Waals surface area (Å²) in [7, 11) is 0. The van der Waals surface area contributed by atoms with Gasteiger partial charge in [0, 0.05) is 11.3 Å². The van der Waals surface area contributed by atoms with Crippen molar-refractivity contribution in [1.82, 2.24) is 10.1 Å². The number of hydrogen-bond donors (Lipinski definition) is 2. The zero-order chi connectivity index (χ0) is 16.4. The Morgan fingerprint density at radius 3 is 2.52 bits per heavy atom. The van der Waals surface area contributed by atoms with Crippen LogP contribution in [0.2, 0.25) is 0 Å². The van der Waals surface area contributed by atoms with Crippen LogP contribution < -0.4 is 11.1 Å². The Morgan fingerprint density at radius 1 is 1.13 bits per heavy atom. The molecule has 116 valence electrons. The van der Waals surface area contributed by atoms with Gasteiger partial charge in [0.2, 0.25) is 0 Å². The lowest BCUT2D eigenvalue weighted by atomic mass is 10.1. The number of rotatable bonds is 3. The summed E-state index contributed by atoms with van der Waals surface area (Å²) in [4.78, 5) is 25.2. The number of aromatic amines is 1. The van der Waals surface area contributed by atoms with Gasteiger partial charge in [0.05, 0.1) is 5.56 Å². The van der Waals surface area contributed by atoms with Gasteiger partial charge in [-0.05, 0) is 42.5 Å². The van der Waals surface area contributed by atoms with Gasteiger partial charge in [-0.2, -0.15) is 0 Å². The number of halogens is 2. The SMILES string of the molecule is O=C(Nc1ccc(-c2noc(=O)[nH]2)cc1)c1cc(F)ccc1F. The Hall–Kier alpha value is -3.29. The topological polar surface area (TPSA) is 88.0 Å². The molecule has 0 unspecified atom stereocenters. The van der Waals surface area contributed by atoms with E-state index in [9.17, 15) is 18.4 Å². The van der Waals surface area contributed by atoms with E-state index in [4.69, 9.17) is 0 Å². The van der Waals surface area contributed by atoms with Crippen molar-refractivity contribution in [2.45, 2.75) is 0 Å². The van der Waals surface area contributed by atoms with Crippen molar-refractivity contribution in [1.29, 1.82) is 0 Å². The highest BCUT2D eigenvalue weighted by molar-refractivity contribution is 6.04. The van der Waals surface area contributed by atoms with E-state index in [0.717, 1.165) is 18.2 Å². The molecule has 2 N–H and O–H groups in total. The van der Waals surface area contributed by atoms with E-state index in [1.807, 2.05) is 0 Å². The van der Waals surface area contributed by atoms with Gasteiger partial charge >= 0.3 is 5.76 Å². The van der Waals surface area contributed by atoms with Crippen molar-refractivity contribution >= 4 is 11.6 Å². The molecule has 0 radical (unpaired) electrons. The average molecular weight is 317 g/mol. The van der Waals surface area contributed by atoms with Crippen molar-refractivity contribution in [3.63, 3.8) is 0 Å². The lowest BCUT2D eigenvalue weighted by molar-refractivity contribution is 0.102. The quantitative estimate of drug-likeness (QED) is 0.777. The first kappa shape index (κ1) is 14.6. The second-order valence-corrected chi connectivity index (χ2v) is 4.60. The van der Waals surface area contributed by atoms with Gasteiger partial charge < -0.3 is 5.32 Å². The predicted octanol–water partition coefficient (Wildman–Crippen LogP) is 2.56. The number of benzene rings is 2. The number of amides is 1. The van der Waals surface area contributed by atoms with Crippen LogP contribution >= 0.6 is 0 Å². The first-order valence-corrected chi connectivity index (χ1v) is 6.46. The van der Waals surface area contributed by atoms with Gasteiger partial charge in [-0.1, -0.05) is 5.16 Å². The van der Waals surface area contributed by atoms with Gasteiger partial charge in [0.15, 0.2) is 5.82 Å². The van der Waals surface area contributed by atoms with E-state index in [-0.39, 0.29) is 5.82 Å². The van der Waals surface area contributed by atoms with Crippen LogP contribution in [0.15, 0.2) is 51.8 Å². The second kappa shape index (κ2) is 5.84. The fourth-order valence-electron chi connectivity index (χ4n) is 1.94. The third kappa shape index (κ3) is 3.15. The fraction of sp³-hybridized carbons (Fsp3) is 0. The van der Waals surface area contributed by atoms with E-state index in [1.54, 1.807) is 12.1 Å². The molecule has 0 spiro atoms. The number of nitrogens with one attached hydrogen (secondary N) is 2. The Kier molecular flexibility index (Phi) is 3.71. The first-order chi connectivity index (χ1) is 11.0. The van der Waals surface area contributed by atoms with Crippen molar-refractivity contribution in [2.24, 2.45) is 0 Å². The number of anilines is 1. The van der Waals surface area contributed by atoms with Crippen molar-refractivity contribution in [3.05, 3.63) is 70.2 Å². The molecule has 1 heterocycles. The van der Waals surface area contributed by atoms with Crippen LogP contribution in [0, 0.1) is 11.6 Å². The first-order valence-electron chi connectivity index (χ1n) is 6.46. The minimum absolute atomic E-state index is 0.240. The number of nitrogens with zero attached hydrogens (tertiary/aromatic N) is 1. The zero-order valence-corrected chi connectivity index (χ0v) is 11.5. The van der Waals surface area contributed by atoms with Crippen LogP contribution in [0.4, 0.5) is 14.5 Å². The second-order valence-electron chi connectivity index (χ2n) is 4.60. The smallest absolute Gasteiger partial charge is 0.322 e. The van der Waals surface area contributed by atoms with Crippen molar-refractivity contribution in [2.75, 3.05) is 5.32 Å². The Balaban J connectivity index is 1.79. The molecule has 1 aromatic heterocycles. The molecule has 1 amide bonds. The van der Waals surface area contributed by atoms with Gasteiger partial charge in [0.1, 0.15) is 11.6 Å². The molecule has 3 rings (SSSR count). The molecular formula is C15H9F2N3O3. The average Bonchev–Trinajstić information content (AvgIpc) is 2.97. The highest BCUT2D eigenvalue weighted by atomic mass is 19.1. The van der Waals surface area contributed by atoms with Crippen LogP contribution in [0.3, 0.4) is 0 Å². The summed E-state index contributed by atoms with van der Waals surface area (Å²) >= 11 is 0. The molecule has 0 fully saturated rings. The van der Waals surface area contributed by atoms with Crippen molar-refractivity contribution < 1.29 is 18.1 Å². The standard InChI is InChI=1S/C15H9F2N3O3/c16-9-3-6-12(17)11(7-9)14(21)18-10-4-1-8(2-5-10)13-19-15(22)23-20-13/h1-7H,(H,18,21)(H,19,20,22). The van der Waals surface area contributed by atoms with Gasteiger partial charge in [-0.3, -0.25) is 14.3 Å². The van der Waals surface area contributed by atoms with E-state index >= 15 is 0 Å². The summed E-state index contributed by atoms with van der Waals surface area (Å²) in [5, 5.41) is 5.97. The number of aromatic nitrogens is 2. The third-order valence-corrected chi connectivity index (χ3v) is 3.03. The number of H-pyrrole nitrogens is 1. The lowest BCUT2D eigenvalue weighted by Gasteiger charge is -2.06. The van der Waals surface area contributed by atoms with Crippen LogP contribution in [0.5, 0.6) is 0 Å². The summed E-state index contributed by atoms with van der Waals surface area (Å²) in [6.45, 7) is 0. The molecule has 0 bridgehead atoms. The maximum Gasteiger partial charge on any atom is 0.439 e. The molecule has 2 aromatic carbocycles. The molecule has 6 nitrogen and oxygen atoms in total. The molecule has 0 aliphatic rings. The largest absolute Gasteiger partial charge is 0.439 e. The van der Waals surface area contributed by atoms with E-state index < -0.39 is 28.9 Å². The minimum Gasteiger partial charge on any atom is -0.322 e. The van der Waals surface area contributed by atoms with E-state index in [0.29, 0.717) is 11.3 Å². The number of carbonyl (C=O) groups is 1. The normalized spacial score (nSPS) is 10.5. The summed E-state index contributed by atoms with van der Waals surface area (Å²) in [6, 6.07) is 8.83. The molecule has 3 aromatic rings. The maximum absolute atomic E-state index is 13.5. The van der Waals surface area contributed by atoms with Crippen LogP contribution in [0.1, 0.15) is 10.4 Å². The third-order valence-electron chi connectivity index (χ3n) is 3.03. The van der Waals surface area contributed by atoms with E-state index in [2.05, 4.69) is 20.0 Å². The lowest BCUT2D eigenvalue weighted by Crippen LogP contribution is -2.14. The zero-order valence-electron chi connectivity index (χ0n) is 11.5. The molecule has 0 saturated heterocycles. The molecular weight excluding hydrogens is 308 g/mol. The Morgan fingerprint density at radius 2 is 1.87 bits per heavy atom. The molecule has 0 aliphatic carbocycles. The number of carbonyl (C=O) groups excluding carboxylic acids is 1.